The summed E-state index contributed by atoms with van der Waals surface area (Å²) in [6.07, 6.45) is 116. The molecule has 594 valence electrons. The average Bonchev–Trinajstić information content (AvgIpc) is 0.914. The highest BCUT2D eigenvalue weighted by Crippen LogP contribution is 2.38. The topological polar surface area (TPSA) is 111 Å². The highest BCUT2D eigenvalue weighted by molar-refractivity contribution is 7.45. The molecule has 0 amide bonds. The number of hydrogen-bond acceptors (Lipinski definition) is 8. The molecule has 0 spiro atoms. The maximum atomic E-state index is 12.9. The van der Waals surface area contributed by atoms with Crippen molar-refractivity contribution >= 4 is 19.8 Å². The maximum absolute atomic E-state index is 12.9. The van der Waals surface area contributed by atoms with Crippen molar-refractivity contribution < 1.29 is 42.1 Å². The number of phosphoric ester groups is 1. The standard InChI is InChI=1S/C92H168NO8P/c1-6-8-10-12-14-16-18-20-22-24-26-28-30-32-34-36-38-40-42-44-46-48-50-52-54-56-58-60-62-64-66-68-70-72-74-76-78-80-82-84-91(94)98-88-90(89-100-102(96,97)99-87-86-93(3,4)5)101-92(95)85-83-81-79-77-75-73-71-69-67-65-63-61-59-57-55-53-51-49-47-45-43-41-39-37-35-33-31-29-27-25-23-21-19-17-15-13-11-9-7-2/h9,11,15,17-18,20-21,23-24,26-27,29-30,32-33,35,90H,6-8,10,12-14,16,19,22,25,28,31,34,36-89H2,1-5H3/b11-9-,17-15-,20-18-,23-21-,26-24-,29-27-,32-30-,35-33-. The molecule has 10 heteroatoms. The lowest BCUT2D eigenvalue weighted by atomic mass is 10.0. The molecule has 0 aliphatic rings. The molecular weight excluding hydrogens is 1280 g/mol. The molecule has 0 heterocycles. The summed E-state index contributed by atoms with van der Waals surface area (Å²) in [6.45, 7) is 4.18. The van der Waals surface area contributed by atoms with Crippen LogP contribution in [0.3, 0.4) is 0 Å². The molecule has 0 aromatic carbocycles. The minimum Gasteiger partial charge on any atom is -0.756 e. The van der Waals surface area contributed by atoms with E-state index in [-0.39, 0.29) is 32.0 Å². The van der Waals surface area contributed by atoms with E-state index in [9.17, 15) is 19.0 Å². The van der Waals surface area contributed by atoms with Crippen LogP contribution in [0.2, 0.25) is 0 Å². The predicted molar refractivity (Wildman–Crippen MR) is 443 cm³/mol. The van der Waals surface area contributed by atoms with Crippen molar-refractivity contribution in [3.8, 4) is 0 Å². The van der Waals surface area contributed by atoms with E-state index in [1.807, 2.05) is 21.1 Å². The van der Waals surface area contributed by atoms with Crippen LogP contribution in [-0.2, 0) is 32.7 Å². The van der Waals surface area contributed by atoms with Crippen LogP contribution in [0.1, 0.15) is 425 Å². The third-order valence-corrected chi connectivity index (χ3v) is 20.6. The second-order valence-electron chi connectivity index (χ2n) is 30.9. The quantitative estimate of drug-likeness (QED) is 0.0195. The first-order valence-corrected chi connectivity index (χ1v) is 45.4. The molecule has 102 heavy (non-hydrogen) atoms. The number of carbonyl (C=O) groups is 2. The van der Waals surface area contributed by atoms with Crippen LogP contribution in [0.5, 0.6) is 0 Å². The molecule has 0 aliphatic carbocycles. The molecule has 0 aromatic heterocycles. The number of phosphoric acid groups is 1. The van der Waals surface area contributed by atoms with E-state index in [0.29, 0.717) is 17.4 Å². The van der Waals surface area contributed by atoms with Crippen LogP contribution in [0.15, 0.2) is 97.2 Å². The number of rotatable bonds is 82. The van der Waals surface area contributed by atoms with Gasteiger partial charge in [-0.3, -0.25) is 14.2 Å². The Balaban J connectivity index is 3.87. The Morgan fingerprint density at radius 3 is 0.833 bits per heavy atom. The van der Waals surface area contributed by atoms with Crippen molar-refractivity contribution in [1.29, 1.82) is 0 Å². The molecule has 0 saturated carbocycles. The van der Waals surface area contributed by atoms with Gasteiger partial charge >= 0.3 is 11.9 Å². The number of esters is 2. The summed E-state index contributed by atoms with van der Waals surface area (Å²) in [7, 11) is 1.19. The van der Waals surface area contributed by atoms with Gasteiger partial charge in [-0.15, -0.1) is 0 Å². The molecule has 2 atom stereocenters. The summed E-state index contributed by atoms with van der Waals surface area (Å²) in [6, 6.07) is 0. The molecule has 0 bridgehead atoms. The number of hydrogen-bond donors (Lipinski definition) is 0. The summed E-state index contributed by atoms with van der Waals surface area (Å²) < 4.78 is 34.5. The smallest absolute Gasteiger partial charge is 0.306 e. The zero-order chi connectivity index (χ0) is 74.0. The Kier molecular flexibility index (Phi) is 79.5. The van der Waals surface area contributed by atoms with Gasteiger partial charge in [0, 0.05) is 12.8 Å². The molecule has 0 aliphatic heterocycles. The number of quaternary nitrogens is 1. The molecule has 2 unspecified atom stereocenters. The van der Waals surface area contributed by atoms with Crippen LogP contribution in [0.4, 0.5) is 0 Å². The third-order valence-electron chi connectivity index (χ3n) is 19.6. The van der Waals surface area contributed by atoms with E-state index in [1.54, 1.807) is 0 Å². The molecular formula is C92H168NO8P. The van der Waals surface area contributed by atoms with Crippen molar-refractivity contribution in [1.82, 2.24) is 0 Å². The summed E-state index contributed by atoms with van der Waals surface area (Å²) in [5.41, 5.74) is 0. The second-order valence-corrected chi connectivity index (χ2v) is 32.3. The van der Waals surface area contributed by atoms with Crippen molar-refractivity contribution in [2.75, 3.05) is 47.5 Å². The number of unbranched alkanes of at least 4 members (excludes halogenated alkanes) is 52. The predicted octanol–water partition coefficient (Wildman–Crippen LogP) is 29.1. The highest BCUT2D eigenvalue weighted by Gasteiger charge is 2.22. The van der Waals surface area contributed by atoms with Crippen LogP contribution in [-0.4, -0.2) is 70.0 Å². The number of allylic oxidation sites excluding steroid dienone is 16. The fraction of sp³-hybridized carbons (Fsp3) is 0.804. The lowest BCUT2D eigenvalue weighted by Gasteiger charge is -2.28. The fourth-order valence-electron chi connectivity index (χ4n) is 12.9. The lowest BCUT2D eigenvalue weighted by Crippen LogP contribution is -2.37. The van der Waals surface area contributed by atoms with E-state index in [0.717, 1.165) is 77.0 Å². The van der Waals surface area contributed by atoms with Crippen molar-refractivity contribution in [2.24, 2.45) is 0 Å². The van der Waals surface area contributed by atoms with Crippen LogP contribution in [0, 0.1) is 0 Å². The molecule has 0 fully saturated rings. The van der Waals surface area contributed by atoms with Gasteiger partial charge in [-0.25, -0.2) is 0 Å². The van der Waals surface area contributed by atoms with Crippen LogP contribution in [0.25, 0.3) is 0 Å². The van der Waals surface area contributed by atoms with Gasteiger partial charge in [0.15, 0.2) is 6.10 Å². The Hall–Kier alpha value is -3.07. The van der Waals surface area contributed by atoms with Gasteiger partial charge < -0.3 is 27.9 Å². The lowest BCUT2D eigenvalue weighted by molar-refractivity contribution is -0.870. The van der Waals surface area contributed by atoms with Gasteiger partial charge in [-0.05, 0) is 96.3 Å². The van der Waals surface area contributed by atoms with Gasteiger partial charge in [-0.1, -0.05) is 413 Å². The Labute approximate surface area is 634 Å². The first kappa shape index (κ1) is 98.9. The van der Waals surface area contributed by atoms with Gasteiger partial charge in [-0.2, -0.15) is 0 Å². The Morgan fingerprint density at radius 1 is 0.314 bits per heavy atom. The van der Waals surface area contributed by atoms with Crippen molar-refractivity contribution in [2.45, 2.75) is 431 Å². The fourth-order valence-corrected chi connectivity index (χ4v) is 13.7. The van der Waals surface area contributed by atoms with Crippen molar-refractivity contribution in [3.05, 3.63) is 97.2 Å². The molecule has 0 N–H and O–H groups in total. The minimum atomic E-state index is -4.65. The van der Waals surface area contributed by atoms with Gasteiger partial charge in [0.2, 0.25) is 0 Å². The van der Waals surface area contributed by atoms with E-state index < -0.39 is 26.5 Å². The Bertz CT molecular complexity index is 2050. The van der Waals surface area contributed by atoms with Crippen LogP contribution >= 0.6 is 7.82 Å². The Morgan fingerprint density at radius 2 is 0.559 bits per heavy atom. The number of ether oxygens (including phenoxy) is 2. The van der Waals surface area contributed by atoms with Crippen LogP contribution < -0.4 is 4.89 Å². The monoisotopic (exact) mass is 1450 g/mol. The SMILES string of the molecule is CC/C=C\C/C=C\C/C=C\C/C=C\C/C=C\CCCCCCCCCCCCCCCCCCCCCCCCCC(=O)OC(COC(=O)CCCCCCCCCCCCCCCCCCCCCCCCCC/C=C\C/C=C\C/C=C\CCCCCCC)COP(=O)([O-])OCC[N+](C)(C)C. The average molecular weight is 1450 g/mol. The number of likely N-dealkylation sites (N-methyl/N-ethyl adjacent to an activating group) is 1. The highest BCUT2D eigenvalue weighted by atomic mass is 31.2. The van der Waals surface area contributed by atoms with E-state index >= 15 is 0 Å². The second kappa shape index (κ2) is 82.0. The number of carbonyl (C=O) groups excluding carboxylic acids is 2. The summed E-state index contributed by atoms with van der Waals surface area (Å²) >= 11 is 0. The molecule has 9 nitrogen and oxygen atoms in total. The van der Waals surface area contributed by atoms with Gasteiger partial charge in [0.05, 0.1) is 27.7 Å². The summed E-state index contributed by atoms with van der Waals surface area (Å²) in [5.74, 6) is -0.811. The summed E-state index contributed by atoms with van der Waals surface area (Å²) in [5, 5.41) is 0. The maximum Gasteiger partial charge on any atom is 0.306 e. The largest absolute Gasteiger partial charge is 0.756 e. The first-order chi connectivity index (χ1) is 50.0. The third kappa shape index (κ3) is 85.9. The zero-order valence-electron chi connectivity index (χ0n) is 68.1. The zero-order valence-corrected chi connectivity index (χ0v) is 69.0. The van der Waals surface area contributed by atoms with Crippen molar-refractivity contribution in [3.63, 3.8) is 0 Å². The molecule has 0 radical (unpaired) electrons. The normalized spacial score (nSPS) is 13.4. The molecule has 0 rings (SSSR count). The van der Waals surface area contributed by atoms with E-state index in [1.165, 1.54) is 315 Å². The molecule has 0 saturated heterocycles. The molecule has 0 aromatic rings. The van der Waals surface area contributed by atoms with E-state index in [2.05, 4.69) is 111 Å². The minimum absolute atomic E-state index is 0.0296. The van der Waals surface area contributed by atoms with Gasteiger partial charge in [0.1, 0.15) is 19.8 Å². The first-order valence-electron chi connectivity index (χ1n) is 43.9. The summed E-state index contributed by atoms with van der Waals surface area (Å²) in [4.78, 5) is 38.3. The number of nitrogens with zero attached hydrogens (tertiary/aromatic N) is 1. The van der Waals surface area contributed by atoms with Gasteiger partial charge in [0.25, 0.3) is 7.82 Å². The van der Waals surface area contributed by atoms with E-state index in [4.69, 9.17) is 18.5 Å².